The van der Waals surface area contributed by atoms with Crippen molar-refractivity contribution >= 4 is 40.7 Å². The summed E-state index contributed by atoms with van der Waals surface area (Å²) < 4.78 is 5.67. The van der Waals surface area contributed by atoms with Crippen LogP contribution in [0.15, 0.2) is 30.4 Å². The smallest absolute Gasteiger partial charge is 0.241 e. The van der Waals surface area contributed by atoms with E-state index < -0.39 is 23.5 Å². The van der Waals surface area contributed by atoms with Crippen LogP contribution in [-0.2, 0) is 14.3 Å². The third-order valence-corrected chi connectivity index (χ3v) is 5.30. The van der Waals surface area contributed by atoms with Crippen LogP contribution in [0.1, 0.15) is 0 Å². The van der Waals surface area contributed by atoms with Gasteiger partial charge in [0.25, 0.3) is 0 Å². The minimum atomic E-state index is -1.09. The Hall–Kier alpha value is -1.40. The summed E-state index contributed by atoms with van der Waals surface area (Å²) in [5.74, 6) is -2.01. The first-order chi connectivity index (χ1) is 10.5. The first-order valence-corrected chi connectivity index (χ1v) is 7.55. The van der Waals surface area contributed by atoms with Crippen molar-refractivity contribution in [1.29, 1.82) is 0 Å². The molecule has 4 atom stereocenters. The lowest BCUT2D eigenvalue weighted by atomic mass is 9.77. The quantitative estimate of drug-likeness (QED) is 0.659. The Morgan fingerprint density at radius 1 is 1.23 bits per heavy atom. The van der Waals surface area contributed by atoms with Crippen LogP contribution in [-0.4, -0.2) is 35.2 Å². The van der Waals surface area contributed by atoms with Crippen LogP contribution in [0.4, 0.5) is 5.69 Å². The van der Waals surface area contributed by atoms with Gasteiger partial charge in [0.2, 0.25) is 11.8 Å². The summed E-state index contributed by atoms with van der Waals surface area (Å²) >= 11 is 11.8. The summed E-state index contributed by atoms with van der Waals surface area (Å²) in [6, 6.07) is 4.61. The van der Waals surface area contributed by atoms with Gasteiger partial charge in [-0.2, -0.15) is 0 Å². The van der Waals surface area contributed by atoms with E-state index in [0.29, 0.717) is 10.7 Å². The second-order valence-corrected chi connectivity index (χ2v) is 6.48. The fourth-order valence-electron chi connectivity index (χ4n) is 3.56. The normalized spacial score (nSPS) is 35.6. The van der Waals surface area contributed by atoms with E-state index in [4.69, 9.17) is 27.9 Å². The van der Waals surface area contributed by atoms with E-state index in [1.165, 1.54) is 6.07 Å². The van der Waals surface area contributed by atoms with Crippen molar-refractivity contribution in [2.45, 2.75) is 11.7 Å². The predicted octanol–water partition coefficient (Wildman–Crippen LogP) is 1.80. The van der Waals surface area contributed by atoms with E-state index in [-0.39, 0.29) is 23.4 Å². The molecule has 5 nitrogen and oxygen atoms in total. The number of rotatable bonds is 2. The largest absolute Gasteiger partial charge is 0.393 e. The van der Waals surface area contributed by atoms with E-state index in [9.17, 15) is 14.7 Å². The predicted molar refractivity (Wildman–Crippen MR) is 79.8 cm³/mol. The first kappa shape index (κ1) is 14.2. The SMILES string of the molecule is O=C1[C@@H]2[C@@H](C(=O)N1c1ccc(Cl)c(Cl)c1)[C@]1(CO)C=C[C@H]2O1. The van der Waals surface area contributed by atoms with E-state index in [1.807, 2.05) is 0 Å². The molecule has 0 spiro atoms. The Balaban J connectivity index is 1.77. The second kappa shape index (κ2) is 4.55. The van der Waals surface area contributed by atoms with Gasteiger partial charge in [-0.3, -0.25) is 9.59 Å². The standard InChI is InChI=1S/C15H11Cl2NO4/c16-8-2-1-7(5-9(8)17)18-13(20)11-10-3-4-15(6-19,22-10)12(11)14(18)21/h1-5,10-12,19H,6H2/t10-,11+,12+,15-/m1/s1. The lowest BCUT2D eigenvalue weighted by Crippen LogP contribution is -2.43. The topological polar surface area (TPSA) is 66.8 Å². The third kappa shape index (κ3) is 1.62. The molecule has 0 aliphatic carbocycles. The summed E-state index contributed by atoms with van der Waals surface area (Å²) in [5, 5.41) is 10.3. The summed E-state index contributed by atoms with van der Waals surface area (Å²) in [6.45, 7) is -0.338. The molecule has 0 unspecified atom stereocenters. The number of nitrogens with zero attached hydrogens (tertiary/aromatic N) is 1. The lowest BCUT2D eigenvalue weighted by Gasteiger charge is -2.26. The van der Waals surface area contributed by atoms with Crippen LogP contribution in [0.3, 0.4) is 0 Å². The number of aliphatic hydroxyl groups is 1. The molecule has 4 rings (SSSR count). The molecular weight excluding hydrogens is 329 g/mol. The zero-order chi connectivity index (χ0) is 15.6. The van der Waals surface area contributed by atoms with Crippen LogP contribution in [0.25, 0.3) is 0 Å². The van der Waals surface area contributed by atoms with E-state index in [2.05, 4.69) is 0 Å². The van der Waals surface area contributed by atoms with Gasteiger partial charge < -0.3 is 9.84 Å². The van der Waals surface area contributed by atoms with Crippen molar-refractivity contribution in [1.82, 2.24) is 0 Å². The van der Waals surface area contributed by atoms with Gasteiger partial charge >= 0.3 is 0 Å². The van der Waals surface area contributed by atoms with E-state index in [1.54, 1.807) is 24.3 Å². The Kier molecular flexibility index (Phi) is 2.94. The lowest BCUT2D eigenvalue weighted by molar-refractivity contribution is -0.128. The number of amides is 2. The fourth-order valence-corrected chi connectivity index (χ4v) is 3.85. The molecule has 3 aliphatic rings. The molecule has 0 saturated carbocycles. The molecule has 0 aromatic heterocycles. The minimum absolute atomic E-state index is 0.269. The maximum absolute atomic E-state index is 12.8. The summed E-state index contributed by atoms with van der Waals surface area (Å²) in [4.78, 5) is 26.5. The highest BCUT2D eigenvalue weighted by Gasteiger charge is 2.67. The van der Waals surface area contributed by atoms with E-state index >= 15 is 0 Å². The third-order valence-electron chi connectivity index (χ3n) is 4.56. The molecule has 1 aromatic carbocycles. The zero-order valence-electron chi connectivity index (χ0n) is 11.2. The molecule has 22 heavy (non-hydrogen) atoms. The number of carbonyl (C=O) groups excluding carboxylic acids is 2. The number of imide groups is 1. The number of benzene rings is 1. The number of anilines is 1. The molecule has 0 radical (unpaired) electrons. The van der Waals surface area contributed by atoms with E-state index in [0.717, 1.165) is 4.90 Å². The molecule has 3 heterocycles. The Morgan fingerprint density at radius 3 is 2.68 bits per heavy atom. The maximum Gasteiger partial charge on any atom is 0.241 e. The van der Waals surface area contributed by atoms with Gasteiger partial charge in [0, 0.05) is 0 Å². The monoisotopic (exact) mass is 339 g/mol. The number of ether oxygens (including phenoxy) is 1. The first-order valence-electron chi connectivity index (χ1n) is 6.79. The van der Waals surface area contributed by atoms with Gasteiger partial charge in [0.15, 0.2) is 0 Å². The summed E-state index contributed by atoms with van der Waals surface area (Å²) in [5.41, 5.74) is -0.709. The van der Waals surface area contributed by atoms with Crippen molar-refractivity contribution < 1.29 is 19.4 Å². The van der Waals surface area contributed by atoms with Crippen LogP contribution in [0.2, 0.25) is 10.0 Å². The second-order valence-electron chi connectivity index (χ2n) is 5.67. The Bertz CT molecular complexity index is 734. The van der Waals surface area contributed by atoms with Gasteiger partial charge in [-0.1, -0.05) is 35.4 Å². The van der Waals surface area contributed by atoms with Gasteiger partial charge in [-0.05, 0) is 18.2 Å². The van der Waals surface area contributed by atoms with Crippen LogP contribution in [0.5, 0.6) is 0 Å². The molecule has 2 bridgehead atoms. The van der Waals surface area contributed by atoms with Crippen molar-refractivity contribution in [2.24, 2.45) is 11.8 Å². The van der Waals surface area contributed by atoms with Crippen LogP contribution >= 0.6 is 23.2 Å². The fraction of sp³-hybridized carbons (Fsp3) is 0.333. The molecule has 2 fully saturated rings. The van der Waals surface area contributed by atoms with Crippen molar-refractivity contribution in [3.63, 3.8) is 0 Å². The molecule has 1 N–H and O–H groups in total. The molecule has 7 heteroatoms. The molecule has 3 aliphatic heterocycles. The molecular formula is C15H11Cl2NO4. The Morgan fingerprint density at radius 2 is 2.00 bits per heavy atom. The zero-order valence-corrected chi connectivity index (χ0v) is 12.7. The van der Waals surface area contributed by atoms with Gasteiger partial charge in [0.1, 0.15) is 5.60 Å². The summed E-state index contributed by atoms with van der Waals surface area (Å²) in [7, 11) is 0. The highest BCUT2D eigenvalue weighted by molar-refractivity contribution is 6.42. The number of aliphatic hydroxyl groups excluding tert-OH is 1. The van der Waals surface area contributed by atoms with Gasteiger partial charge in [-0.25, -0.2) is 4.90 Å². The summed E-state index contributed by atoms with van der Waals surface area (Å²) in [6.07, 6.45) is 2.95. The maximum atomic E-state index is 12.8. The van der Waals surface area contributed by atoms with Crippen LogP contribution < -0.4 is 4.90 Å². The average molecular weight is 340 g/mol. The molecule has 1 aromatic rings. The Labute approximate surface area is 136 Å². The number of carbonyl (C=O) groups is 2. The number of hydrogen-bond donors (Lipinski definition) is 1. The highest BCUT2D eigenvalue weighted by Crippen LogP contribution is 2.52. The van der Waals surface area contributed by atoms with Gasteiger partial charge in [0.05, 0.1) is 40.3 Å². The number of hydrogen-bond acceptors (Lipinski definition) is 4. The van der Waals surface area contributed by atoms with Gasteiger partial charge in [-0.15, -0.1) is 0 Å². The van der Waals surface area contributed by atoms with Crippen LogP contribution in [0, 0.1) is 11.8 Å². The molecule has 2 saturated heterocycles. The molecule has 114 valence electrons. The van der Waals surface area contributed by atoms with Crippen molar-refractivity contribution in [3.8, 4) is 0 Å². The molecule has 2 amide bonds. The van der Waals surface area contributed by atoms with Crippen molar-refractivity contribution in [2.75, 3.05) is 11.5 Å². The van der Waals surface area contributed by atoms with Crippen molar-refractivity contribution in [3.05, 3.63) is 40.4 Å². The number of fused-ring (bicyclic) bond motifs is 5. The number of halogens is 2. The average Bonchev–Trinajstić information content (AvgIpc) is 3.14. The minimum Gasteiger partial charge on any atom is -0.393 e. The highest BCUT2D eigenvalue weighted by atomic mass is 35.5.